The van der Waals surface area contributed by atoms with Crippen LogP contribution in [0.1, 0.15) is 16.1 Å². The van der Waals surface area contributed by atoms with E-state index in [0.717, 1.165) is 45.0 Å². The molecule has 2 amide bonds. The zero-order valence-corrected chi connectivity index (χ0v) is 16.5. The highest BCUT2D eigenvalue weighted by atomic mass is 16.2. The van der Waals surface area contributed by atoms with Gasteiger partial charge in [-0.05, 0) is 17.7 Å². The van der Waals surface area contributed by atoms with Crippen molar-refractivity contribution < 1.29 is 9.59 Å². The quantitative estimate of drug-likeness (QED) is 0.696. The molecule has 0 aliphatic carbocycles. The van der Waals surface area contributed by atoms with Crippen LogP contribution in [0.2, 0.25) is 0 Å². The van der Waals surface area contributed by atoms with Gasteiger partial charge in [0.15, 0.2) is 11.5 Å². The Hall–Kier alpha value is -3.00. The molecule has 8 heteroatoms. The molecule has 8 nitrogen and oxygen atoms in total. The van der Waals surface area contributed by atoms with Gasteiger partial charge < -0.3 is 14.7 Å². The van der Waals surface area contributed by atoms with Crippen LogP contribution in [0.25, 0.3) is 0 Å². The minimum Gasteiger partial charge on any atom is -0.353 e. The normalized spacial score (nSPS) is 18.0. The summed E-state index contributed by atoms with van der Waals surface area (Å²) in [6.07, 6.45) is 0.829. The van der Waals surface area contributed by atoms with Crippen LogP contribution in [-0.2, 0) is 11.3 Å². The second-order valence-corrected chi connectivity index (χ2v) is 7.46. The Morgan fingerprint density at radius 3 is 2.21 bits per heavy atom. The van der Waals surface area contributed by atoms with Crippen molar-refractivity contribution in [1.29, 1.82) is 0 Å². The second kappa shape index (κ2) is 9.00. The molecule has 2 aromatic rings. The first kappa shape index (κ1) is 19.3. The van der Waals surface area contributed by atoms with Crippen molar-refractivity contribution in [2.75, 3.05) is 57.3 Å². The van der Waals surface area contributed by atoms with Crippen LogP contribution >= 0.6 is 0 Å². The molecule has 3 heterocycles. The highest BCUT2D eigenvalue weighted by molar-refractivity contribution is 5.92. The first-order chi connectivity index (χ1) is 14.2. The zero-order chi connectivity index (χ0) is 20.1. The summed E-state index contributed by atoms with van der Waals surface area (Å²) in [6.45, 7) is 6.88. The van der Waals surface area contributed by atoms with E-state index >= 15 is 0 Å². The molecule has 0 saturated carbocycles. The lowest BCUT2D eigenvalue weighted by molar-refractivity contribution is -0.119. The molecular formula is C21H26N6O2. The van der Waals surface area contributed by atoms with E-state index in [1.807, 2.05) is 12.1 Å². The molecule has 152 valence electrons. The predicted molar refractivity (Wildman–Crippen MR) is 110 cm³/mol. The summed E-state index contributed by atoms with van der Waals surface area (Å²) in [7, 11) is 0. The van der Waals surface area contributed by atoms with Crippen LogP contribution in [0.5, 0.6) is 0 Å². The van der Waals surface area contributed by atoms with Crippen LogP contribution < -0.4 is 4.90 Å². The number of hydrogen-bond acceptors (Lipinski definition) is 6. The molecule has 0 radical (unpaired) electrons. The van der Waals surface area contributed by atoms with E-state index in [4.69, 9.17) is 0 Å². The van der Waals surface area contributed by atoms with Crippen LogP contribution in [0.4, 0.5) is 5.82 Å². The van der Waals surface area contributed by atoms with E-state index in [1.54, 1.807) is 15.9 Å². The molecule has 0 atom stereocenters. The maximum atomic E-state index is 12.6. The number of piperazine rings is 2. The van der Waals surface area contributed by atoms with Crippen molar-refractivity contribution in [1.82, 2.24) is 24.9 Å². The molecule has 0 N–H and O–H groups in total. The Balaban J connectivity index is 1.29. The Morgan fingerprint density at radius 2 is 1.59 bits per heavy atom. The first-order valence-electron chi connectivity index (χ1n) is 10.1. The van der Waals surface area contributed by atoms with Gasteiger partial charge in [0.25, 0.3) is 5.91 Å². The third-order valence-electron chi connectivity index (χ3n) is 5.57. The van der Waals surface area contributed by atoms with E-state index in [1.165, 1.54) is 5.56 Å². The Labute approximate surface area is 170 Å². The van der Waals surface area contributed by atoms with Crippen molar-refractivity contribution >= 4 is 18.1 Å². The standard InChI is InChI=1S/C21H26N6O2/c28-17-25-10-14-27(15-11-25)21(29)19-6-7-20(23-22-19)26-12-8-24(9-13-26)16-18-4-2-1-3-5-18/h1-7,17H,8-16H2. The molecule has 0 bridgehead atoms. The van der Waals surface area contributed by atoms with Gasteiger partial charge in [0.2, 0.25) is 6.41 Å². The van der Waals surface area contributed by atoms with Crippen molar-refractivity contribution in [3.63, 3.8) is 0 Å². The van der Waals surface area contributed by atoms with Gasteiger partial charge in [-0.15, -0.1) is 10.2 Å². The Kier molecular flexibility index (Phi) is 6.00. The largest absolute Gasteiger partial charge is 0.353 e. The number of carbonyl (C=O) groups is 2. The lowest BCUT2D eigenvalue weighted by atomic mass is 10.2. The topological polar surface area (TPSA) is 72.9 Å². The fourth-order valence-electron chi connectivity index (χ4n) is 3.78. The van der Waals surface area contributed by atoms with Gasteiger partial charge >= 0.3 is 0 Å². The summed E-state index contributed by atoms with van der Waals surface area (Å²) in [6, 6.07) is 14.2. The Bertz CT molecular complexity index is 813. The molecule has 0 unspecified atom stereocenters. The summed E-state index contributed by atoms with van der Waals surface area (Å²) in [5.74, 6) is 0.689. The van der Waals surface area contributed by atoms with Crippen molar-refractivity contribution in [3.05, 3.63) is 53.7 Å². The van der Waals surface area contributed by atoms with Crippen LogP contribution in [0.3, 0.4) is 0 Å². The molecule has 29 heavy (non-hydrogen) atoms. The number of aromatic nitrogens is 2. The van der Waals surface area contributed by atoms with E-state index in [9.17, 15) is 9.59 Å². The summed E-state index contributed by atoms with van der Waals surface area (Å²) in [5, 5.41) is 8.48. The number of hydrogen-bond donors (Lipinski definition) is 0. The van der Waals surface area contributed by atoms with Gasteiger partial charge in [-0.3, -0.25) is 14.5 Å². The smallest absolute Gasteiger partial charge is 0.274 e. The molecule has 2 aliphatic heterocycles. The van der Waals surface area contributed by atoms with Gasteiger partial charge in [-0.2, -0.15) is 0 Å². The minimum absolute atomic E-state index is 0.123. The van der Waals surface area contributed by atoms with Crippen molar-refractivity contribution in [2.24, 2.45) is 0 Å². The average Bonchev–Trinajstić information content (AvgIpc) is 2.80. The highest BCUT2D eigenvalue weighted by Crippen LogP contribution is 2.15. The molecule has 2 fully saturated rings. The van der Waals surface area contributed by atoms with Crippen molar-refractivity contribution in [3.8, 4) is 0 Å². The number of nitrogens with zero attached hydrogens (tertiary/aromatic N) is 6. The van der Waals surface area contributed by atoms with Crippen LogP contribution in [-0.4, -0.2) is 89.6 Å². The van der Waals surface area contributed by atoms with Gasteiger partial charge in [0.1, 0.15) is 0 Å². The average molecular weight is 394 g/mol. The van der Waals surface area contributed by atoms with Crippen molar-refractivity contribution in [2.45, 2.75) is 6.54 Å². The van der Waals surface area contributed by atoms with Gasteiger partial charge in [-0.25, -0.2) is 0 Å². The van der Waals surface area contributed by atoms with E-state index in [2.05, 4.69) is 44.3 Å². The van der Waals surface area contributed by atoms with Gasteiger partial charge in [0, 0.05) is 58.9 Å². The molecule has 1 aromatic carbocycles. The minimum atomic E-state index is -0.123. The fraction of sp³-hybridized carbons (Fsp3) is 0.429. The molecule has 2 aliphatic rings. The van der Waals surface area contributed by atoms with Gasteiger partial charge in [0.05, 0.1) is 0 Å². The predicted octanol–water partition coefficient (Wildman–Crippen LogP) is 0.713. The third-order valence-corrected chi connectivity index (χ3v) is 5.57. The number of benzene rings is 1. The summed E-state index contributed by atoms with van der Waals surface area (Å²) < 4.78 is 0. The number of carbonyl (C=O) groups excluding carboxylic acids is 2. The first-order valence-corrected chi connectivity index (χ1v) is 10.1. The summed E-state index contributed by atoms with van der Waals surface area (Å²) >= 11 is 0. The summed E-state index contributed by atoms with van der Waals surface area (Å²) in [5.41, 5.74) is 1.69. The third kappa shape index (κ3) is 4.71. The maximum absolute atomic E-state index is 12.6. The molecule has 1 aromatic heterocycles. The van der Waals surface area contributed by atoms with Gasteiger partial charge in [-0.1, -0.05) is 30.3 Å². The van der Waals surface area contributed by atoms with E-state index in [-0.39, 0.29) is 5.91 Å². The number of amides is 2. The fourth-order valence-corrected chi connectivity index (χ4v) is 3.78. The molecule has 4 rings (SSSR count). The number of rotatable bonds is 5. The lowest BCUT2D eigenvalue weighted by Crippen LogP contribution is -2.48. The lowest BCUT2D eigenvalue weighted by Gasteiger charge is -2.35. The molecule has 2 saturated heterocycles. The second-order valence-electron chi connectivity index (χ2n) is 7.46. The van der Waals surface area contributed by atoms with E-state index in [0.29, 0.717) is 31.9 Å². The SMILES string of the molecule is O=CN1CCN(C(=O)c2ccc(N3CCN(Cc4ccccc4)CC3)nn2)CC1. The van der Waals surface area contributed by atoms with Crippen LogP contribution in [0, 0.1) is 0 Å². The number of anilines is 1. The maximum Gasteiger partial charge on any atom is 0.274 e. The summed E-state index contributed by atoms with van der Waals surface area (Å²) in [4.78, 5) is 31.5. The zero-order valence-electron chi connectivity index (χ0n) is 16.5. The monoisotopic (exact) mass is 394 g/mol. The van der Waals surface area contributed by atoms with E-state index < -0.39 is 0 Å². The molecule has 0 spiro atoms. The molecular weight excluding hydrogens is 368 g/mol. The van der Waals surface area contributed by atoms with Crippen LogP contribution in [0.15, 0.2) is 42.5 Å². The Morgan fingerprint density at radius 1 is 0.862 bits per heavy atom. The highest BCUT2D eigenvalue weighted by Gasteiger charge is 2.23.